The van der Waals surface area contributed by atoms with E-state index in [9.17, 15) is 10.2 Å². The Labute approximate surface area is 107 Å². The van der Waals surface area contributed by atoms with Crippen LogP contribution in [0.15, 0.2) is 0 Å². The molecule has 0 fully saturated rings. The van der Waals surface area contributed by atoms with E-state index in [-0.39, 0.29) is 23.1 Å². The maximum Gasteiger partial charge on any atom is 2.00 e. The Hall–Kier alpha value is 0.526. The first kappa shape index (κ1) is 20.9. The fourth-order valence-electron chi connectivity index (χ4n) is 0.167. The van der Waals surface area contributed by atoms with E-state index < -0.39 is 11.9 Å². The van der Waals surface area contributed by atoms with Gasteiger partial charge in [0.05, 0.1) is 11.9 Å². The first-order valence-electron chi connectivity index (χ1n) is 3.86. The molecule has 0 aromatic carbocycles. The molecular formula is C8H18MgO6. The Morgan fingerprint density at radius 1 is 0.667 bits per heavy atom. The summed E-state index contributed by atoms with van der Waals surface area (Å²) in [4.78, 5) is 0. The maximum absolute atomic E-state index is 10.4. The predicted molar refractivity (Wildman–Crippen MR) is 50.6 cm³/mol. The average Bonchev–Trinajstić information content (AvgIpc) is 2.19. The first-order chi connectivity index (χ1) is 6.24. The summed E-state index contributed by atoms with van der Waals surface area (Å²) < 4.78 is 17.2. The van der Waals surface area contributed by atoms with Crippen molar-refractivity contribution in [3.63, 3.8) is 0 Å². The van der Waals surface area contributed by atoms with Crippen LogP contribution >= 0.6 is 0 Å². The largest absolute Gasteiger partial charge is 2.00 e. The van der Waals surface area contributed by atoms with Gasteiger partial charge in [-0.2, -0.15) is 0 Å². The van der Waals surface area contributed by atoms with Crippen molar-refractivity contribution in [1.82, 2.24) is 0 Å². The molecule has 0 aliphatic heterocycles. The maximum atomic E-state index is 10.4. The Morgan fingerprint density at radius 3 is 0.800 bits per heavy atom. The van der Waals surface area contributed by atoms with Crippen molar-refractivity contribution in [1.29, 1.82) is 0 Å². The van der Waals surface area contributed by atoms with Crippen LogP contribution in [0.5, 0.6) is 0 Å². The molecule has 15 heavy (non-hydrogen) atoms. The standard InChI is InChI=1S/2C4H9O3.Mg/c2*1-4(5,6-2)7-3;/h2*1-3H3;/q2*-1;+2. The van der Waals surface area contributed by atoms with Gasteiger partial charge in [0.1, 0.15) is 0 Å². The minimum absolute atomic E-state index is 0. The van der Waals surface area contributed by atoms with Gasteiger partial charge < -0.3 is 29.2 Å². The van der Waals surface area contributed by atoms with E-state index in [1.165, 1.54) is 42.3 Å². The van der Waals surface area contributed by atoms with E-state index in [2.05, 4.69) is 18.9 Å². The van der Waals surface area contributed by atoms with E-state index in [0.29, 0.717) is 0 Å². The van der Waals surface area contributed by atoms with Crippen LogP contribution in [0.2, 0.25) is 0 Å². The third-order valence-electron chi connectivity index (χ3n) is 1.48. The third-order valence-corrected chi connectivity index (χ3v) is 1.48. The van der Waals surface area contributed by atoms with Crippen LogP contribution in [0.1, 0.15) is 13.8 Å². The second-order valence-electron chi connectivity index (χ2n) is 2.54. The molecule has 0 radical (unpaired) electrons. The molecule has 88 valence electrons. The van der Waals surface area contributed by atoms with Crippen molar-refractivity contribution in [2.45, 2.75) is 25.8 Å². The average molecular weight is 235 g/mol. The van der Waals surface area contributed by atoms with Gasteiger partial charge in [0, 0.05) is 28.4 Å². The second kappa shape index (κ2) is 9.73. The van der Waals surface area contributed by atoms with Gasteiger partial charge in [-0.25, -0.2) is 0 Å². The smallest absolute Gasteiger partial charge is 0.807 e. The predicted octanol–water partition coefficient (Wildman–Crippen LogP) is -1.75. The van der Waals surface area contributed by atoms with Crippen molar-refractivity contribution in [3.05, 3.63) is 0 Å². The number of hydrogen-bond donors (Lipinski definition) is 0. The molecule has 0 heterocycles. The van der Waals surface area contributed by atoms with Crippen LogP contribution < -0.4 is 10.2 Å². The summed E-state index contributed by atoms with van der Waals surface area (Å²) in [5.74, 6) is -3.33. The number of hydrogen-bond acceptors (Lipinski definition) is 6. The molecule has 0 aliphatic carbocycles. The molecule has 6 nitrogen and oxygen atoms in total. The van der Waals surface area contributed by atoms with Crippen molar-refractivity contribution >= 4 is 23.1 Å². The van der Waals surface area contributed by atoms with E-state index in [1.54, 1.807) is 0 Å². The normalized spacial score (nSPS) is 11.2. The Bertz CT molecular complexity index is 111. The third kappa shape index (κ3) is 14.5. The molecule has 0 saturated carbocycles. The molecule has 0 bridgehead atoms. The zero-order valence-electron chi connectivity index (χ0n) is 10.2. The van der Waals surface area contributed by atoms with Crippen molar-refractivity contribution in [2.75, 3.05) is 28.4 Å². The van der Waals surface area contributed by atoms with Gasteiger partial charge in [-0.05, 0) is 13.8 Å². The van der Waals surface area contributed by atoms with Gasteiger partial charge in [0.2, 0.25) is 0 Å². The molecule has 0 aromatic rings. The van der Waals surface area contributed by atoms with Crippen LogP contribution in [0, 0.1) is 0 Å². The Kier molecular flexibility index (Phi) is 13.5. The quantitative estimate of drug-likeness (QED) is 0.424. The summed E-state index contributed by atoms with van der Waals surface area (Å²) in [7, 11) is 5.21. The molecule has 0 amide bonds. The van der Waals surface area contributed by atoms with Gasteiger partial charge in [-0.1, -0.05) is 0 Å². The number of ether oxygens (including phenoxy) is 4. The Morgan fingerprint density at radius 2 is 0.800 bits per heavy atom. The van der Waals surface area contributed by atoms with E-state index >= 15 is 0 Å². The molecule has 7 heteroatoms. The van der Waals surface area contributed by atoms with E-state index in [0.717, 1.165) is 0 Å². The van der Waals surface area contributed by atoms with Gasteiger partial charge in [-0.15, -0.1) is 0 Å². The fourth-order valence-corrected chi connectivity index (χ4v) is 0.167. The summed E-state index contributed by atoms with van der Waals surface area (Å²) in [6.45, 7) is 2.60. The molecule has 0 saturated heterocycles. The van der Waals surface area contributed by atoms with E-state index in [1.807, 2.05) is 0 Å². The van der Waals surface area contributed by atoms with Gasteiger partial charge in [-0.3, -0.25) is 0 Å². The zero-order valence-corrected chi connectivity index (χ0v) is 11.6. The molecule has 0 atom stereocenters. The van der Waals surface area contributed by atoms with Crippen LogP contribution in [-0.2, 0) is 18.9 Å². The number of methoxy groups -OCH3 is 4. The van der Waals surface area contributed by atoms with Gasteiger partial charge >= 0.3 is 23.1 Å². The summed E-state index contributed by atoms with van der Waals surface area (Å²) in [5.41, 5.74) is 0. The van der Waals surface area contributed by atoms with Crippen LogP contribution in [0.3, 0.4) is 0 Å². The van der Waals surface area contributed by atoms with Crippen LogP contribution in [0.4, 0.5) is 0 Å². The van der Waals surface area contributed by atoms with Crippen LogP contribution in [0.25, 0.3) is 0 Å². The van der Waals surface area contributed by atoms with Crippen LogP contribution in [-0.4, -0.2) is 63.4 Å². The molecule has 0 aromatic heterocycles. The topological polar surface area (TPSA) is 83.0 Å². The van der Waals surface area contributed by atoms with Gasteiger partial charge in [0.25, 0.3) is 0 Å². The minimum Gasteiger partial charge on any atom is -0.807 e. The first-order valence-corrected chi connectivity index (χ1v) is 3.86. The molecule has 0 unspecified atom stereocenters. The second-order valence-corrected chi connectivity index (χ2v) is 2.54. The summed E-state index contributed by atoms with van der Waals surface area (Å²) in [6.07, 6.45) is 0. The van der Waals surface area contributed by atoms with Crippen molar-refractivity contribution in [2.24, 2.45) is 0 Å². The molecular weight excluding hydrogens is 216 g/mol. The van der Waals surface area contributed by atoms with Gasteiger partial charge in [0.15, 0.2) is 0 Å². The molecule has 0 rings (SSSR count). The molecule has 0 N–H and O–H groups in total. The SMILES string of the molecule is COC(C)([O-])OC.COC(C)([O-])OC.[Mg+2]. The zero-order chi connectivity index (χ0) is 11.8. The monoisotopic (exact) mass is 234 g/mol. The molecule has 0 aliphatic rings. The molecule has 0 spiro atoms. The van der Waals surface area contributed by atoms with Crippen molar-refractivity contribution in [3.8, 4) is 0 Å². The minimum atomic E-state index is -1.67. The van der Waals surface area contributed by atoms with E-state index in [4.69, 9.17) is 0 Å². The summed E-state index contributed by atoms with van der Waals surface area (Å²) in [6, 6.07) is 0. The summed E-state index contributed by atoms with van der Waals surface area (Å²) >= 11 is 0. The summed E-state index contributed by atoms with van der Waals surface area (Å²) in [5, 5.41) is 20.8. The van der Waals surface area contributed by atoms with Crippen molar-refractivity contribution < 1.29 is 29.2 Å². The fraction of sp³-hybridized carbons (Fsp3) is 1.00. The Balaban J connectivity index is -0.000000180. The number of rotatable bonds is 4.